The molecule has 0 saturated heterocycles. The molecule has 0 aliphatic carbocycles. The van der Waals surface area contributed by atoms with Gasteiger partial charge in [0, 0.05) is 19.5 Å². The van der Waals surface area contributed by atoms with E-state index in [1.54, 1.807) is 0 Å². The molecule has 0 heterocycles. The van der Waals surface area contributed by atoms with E-state index in [4.69, 9.17) is 0 Å². The Bertz CT molecular complexity index is 300. The first-order valence-corrected chi connectivity index (χ1v) is 10.3. The topological polar surface area (TPSA) is 32.3 Å². The number of rotatable bonds is 16. The highest BCUT2D eigenvalue weighted by atomic mass is 16.1. The van der Waals surface area contributed by atoms with Crippen LogP contribution in [0.15, 0.2) is 0 Å². The summed E-state index contributed by atoms with van der Waals surface area (Å²) in [5.74, 6) is 0.220. The van der Waals surface area contributed by atoms with Crippen LogP contribution in [0.5, 0.6) is 0 Å². The third-order valence-electron chi connectivity index (χ3n) is 4.52. The van der Waals surface area contributed by atoms with Crippen molar-refractivity contribution in [3.05, 3.63) is 0 Å². The molecule has 24 heavy (non-hydrogen) atoms. The second kappa shape index (κ2) is 14.7. The maximum absolute atomic E-state index is 11.9. The van der Waals surface area contributed by atoms with Crippen LogP contribution in [-0.2, 0) is 4.79 Å². The molecule has 1 N–H and O–H groups in total. The summed E-state index contributed by atoms with van der Waals surface area (Å²) in [6.45, 7) is 8.43. The molecule has 0 aliphatic heterocycles. The lowest BCUT2D eigenvalue weighted by Gasteiger charge is -2.28. The molecule has 1 amide bonds. The highest BCUT2D eigenvalue weighted by Gasteiger charge is 2.19. The average Bonchev–Trinajstić information content (AvgIpc) is 2.49. The fourth-order valence-electron chi connectivity index (χ4n) is 3.29. The van der Waals surface area contributed by atoms with Crippen LogP contribution in [0.1, 0.15) is 97.8 Å². The molecular formula is C21H44N2O. The van der Waals surface area contributed by atoms with Gasteiger partial charge in [-0.3, -0.25) is 4.79 Å². The summed E-state index contributed by atoms with van der Waals surface area (Å²) < 4.78 is 0. The minimum Gasteiger partial charge on any atom is -0.356 e. The molecular weight excluding hydrogens is 296 g/mol. The maximum Gasteiger partial charge on any atom is 0.220 e. The fraction of sp³-hybridized carbons (Fsp3) is 0.952. The average molecular weight is 341 g/mol. The van der Waals surface area contributed by atoms with Crippen LogP contribution in [0.2, 0.25) is 0 Å². The van der Waals surface area contributed by atoms with Gasteiger partial charge in [-0.05, 0) is 25.9 Å². The predicted molar refractivity (Wildman–Crippen MR) is 106 cm³/mol. The number of amides is 1. The summed E-state index contributed by atoms with van der Waals surface area (Å²) >= 11 is 0. The molecule has 0 aliphatic rings. The van der Waals surface area contributed by atoms with E-state index in [0.717, 1.165) is 19.5 Å². The first kappa shape index (κ1) is 23.4. The van der Waals surface area contributed by atoms with Crippen LogP contribution >= 0.6 is 0 Å². The zero-order chi connectivity index (χ0) is 18.3. The smallest absolute Gasteiger partial charge is 0.220 e. The lowest BCUT2D eigenvalue weighted by atomic mass is 9.93. The van der Waals surface area contributed by atoms with E-state index in [1.165, 1.54) is 64.2 Å². The molecule has 0 fully saturated rings. The molecule has 0 aromatic rings. The monoisotopic (exact) mass is 340 g/mol. The Morgan fingerprint density at radius 3 is 1.75 bits per heavy atom. The first-order valence-electron chi connectivity index (χ1n) is 10.3. The fourth-order valence-corrected chi connectivity index (χ4v) is 3.29. The number of unbranched alkanes of at least 4 members (excludes halogenated alkanes) is 10. The van der Waals surface area contributed by atoms with Gasteiger partial charge in [-0.2, -0.15) is 0 Å². The number of nitrogens with one attached hydrogen (secondary N) is 1. The third-order valence-corrected chi connectivity index (χ3v) is 4.52. The van der Waals surface area contributed by atoms with E-state index in [0.29, 0.717) is 6.42 Å². The van der Waals surface area contributed by atoms with Crippen molar-refractivity contribution in [2.45, 2.75) is 97.8 Å². The minimum absolute atomic E-state index is 0.135. The second-order valence-electron chi connectivity index (χ2n) is 8.46. The Balaban J connectivity index is 3.40. The van der Waals surface area contributed by atoms with Crippen molar-refractivity contribution in [2.75, 3.05) is 27.2 Å². The molecule has 0 bridgehead atoms. The molecule has 0 spiro atoms. The predicted octanol–water partition coefficient (Wildman–Crippen LogP) is 5.39. The number of hydrogen-bond donors (Lipinski definition) is 1. The van der Waals surface area contributed by atoms with E-state index in [1.807, 2.05) is 0 Å². The van der Waals surface area contributed by atoms with Gasteiger partial charge in [0.25, 0.3) is 0 Å². The number of hydrogen-bond acceptors (Lipinski definition) is 2. The van der Waals surface area contributed by atoms with Gasteiger partial charge in [0.1, 0.15) is 0 Å². The summed E-state index contributed by atoms with van der Waals surface area (Å²) in [6.07, 6.45) is 15.3. The highest BCUT2D eigenvalue weighted by Crippen LogP contribution is 2.15. The molecule has 0 unspecified atom stereocenters. The van der Waals surface area contributed by atoms with Gasteiger partial charge in [0.05, 0.1) is 0 Å². The zero-order valence-electron chi connectivity index (χ0n) is 17.3. The third kappa shape index (κ3) is 16.3. The van der Waals surface area contributed by atoms with Gasteiger partial charge >= 0.3 is 0 Å². The molecule has 144 valence electrons. The van der Waals surface area contributed by atoms with Crippen LogP contribution < -0.4 is 5.32 Å². The number of carbonyl (C=O) groups excluding carboxylic acids is 1. The van der Waals surface area contributed by atoms with E-state index in [9.17, 15) is 4.79 Å². The van der Waals surface area contributed by atoms with Gasteiger partial charge in [-0.25, -0.2) is 0 Å². The molecule has 3 heteroatoms. The summed E-state index contributed by atoms with van der Waals surface area (Å²) in [4.78, 5) is 14.1. The van der Waals surface area contributed by atoms with Gasteiger partial charge in [0.15, 0.2) is 0 Å². The van der Waals surface area contributed by atoms with Crippen molar-refractivity contribution in [3.63, 3.8) is 0 Å². The van der Waals surface area contributed by atoms with Crippen LogP contribution in [0.4, 0.5) is 0 Å². The lowest BCUT2D eigenvalue weighted by molar-refractivity contribution is -0.121. The molecule has 3 nitrogen and oxygen atoms in total. The maximum atomic E-state index is 11.9. The molecule has 0 saturated carbocycles. The minimum atomic E-state index is 0.135. The normalized spacial score (nSPS) is 11.9. The van der Waals surface area contributed by atoms with Gasteiger partial charge < -0.3 is 10.2 Å². The molecule has 0 aromatic carbocycles. The van der Waals surface area contributed by atoms with Crippen molar-refractivity contribution in [2.24, 2.45) is 5.41 Å². The number of nitrogens with zero attached hydrogens (tertiary/aromatic N) is 1. The van der Waals surface area contributed by atoms with Crippen molar-refractivity contribution in [1.29, 1.82) is 0 Å². The van der Waals surface area contributed by atoms with E-state index in [-0.39, 0.29) is 11.3 Å². The molecule has 0 rings (SSSR count). The zero-order valence-corrected chi connectivity index (χ0v) is 17.3. The van der Waals surface area contributed by atoms with E-state index >= 15 is 0 Å². The van der Waals surface area contributed by atoms with Crippen LogP contribution in [-0.4, -0.2) is 38.0 Å². The van der Waals surface area contributed by atoms with Gasteiger partial charge in [-0.1, -0.05) is 85.0 Å². The summed E-state index contributed by atoms with van der Waals surface area (Å²) in [6, 6.07) is 0. The summed E-state index contributed by atoms with van der Waals surface area (Å²) in [7, 11) is 4.16. The number of carbonyl (C=O) groups is 1. The van der Waals surface area contributed by atoms with E-state index < -0.39 is 0 Å². The summed E-state index contributed by atoms with van der Waals surface area (Å²) in [5.41, 5.74) is 0.135. The lowest BCUT2D eigenvalue weighted by Crippen LogP contribution is -2.39. The SMILES string of the molecule is CCCCCCCCCCCCCC(=O)NCC(C)(C)CN(C)C. The van der Waals surface area contributed by atoms with Crippen molar-refractivity contribution in [3.8, 4) is 0 Å². The Labute approximate surface area is 152 Å². The Morgan fingerprint density at radius 1 is 0.833 bits per heavy atom. The first-order chi connectivity index (χ1) is 11.4. The summed E-state index contributed by atoms with van der Waals surface area (Å²) in [5, 5.41) is 3.10. The second-order valence-corrected chi connectivity index (χ2v) is 8.46. The molecule has 0 aromatic heterocycles. The Morgan fingerprint density at radius 2 is 1.29 bits per heavy atom. The van der Waals surface area contributed by atoms with Gasteiger partial charge in [0.2, 0.25) is 5.91 Å². The van der Waals surface area contributed by atoms with Crippen LogP contribution in [0.3, 0.4) is 0 Å². The Hall–Kier alpha value is -0.570. The van der Waals surface area contributed by atoms with Crippen molar-refractivity contribution >= 4 is 5.91 Å². The Kier molecular flexibility index (Phi) is 14.4. The van der Waals surface area contributed by atoms with Crippen molar-refractivity contribution in [1.82, 2.24) is 10.2 Å². The van der Waals surface area contributed by atoms with Crippen LogP contribution in [0.25, 0.3) is 0 Å². The quantitative estimate of drug-likeness (QED) is 0.382. The molecule has 0 radical (unpaired) electrons. The van der Waals surface area contributed by atoms with Crippen molar-refractivity contribution < 1.29 is 4.79 Å². The van der Waals surface area contributed by atoms with Gasteiger partial charge in [-0.15, -0.1) is 0 Å². The largest absolute Gasteiger partial charge is 0.356 e. The van der Waals surface area contributed by atoms with E-state index in [2.05, 4.69) is 45.1 Å². The van der Waals surface area contributed by atoms with Crippen LogP contribution in [0, 0.1) is 5.41 Å². The highest BCUT2D eigenvalue weighted by molar-refractivity contribution is 5.75. The molecule has 0 atom stereocenters. The standard InChI is InChI=1S/C21H44N2O/c1-6-7-8-9-10-11-12-13-14-15-16-17-20(24)22-18-21(2,3)19-23(4)5/h6-19H2,1-5H3,(H,22,24).